The minimum Gasteiger partial charge on any atom is -0.320 e. The lowest BCUT2D eigenvalue weighted by molar-refractivity contribution is -0.115. The number of carbonyl (C=O) groups excluding carboxylic acids is 1. The highest BCUT2D eigenvalue weighted by atomic mass is 32.2. The lowest BCUT2D eigenvalue weighted by atomic mass is 10.2. The second kappa shape index (κ2) is 5.82. The van der Waals surface area contributed by atoms with E-state index in [2.05, 4.69) is 5.32 Å². The number of alkyl halides is 2. The molecule has 2 aromatic carbocycles. The molecule has 0 atom stereocenters. The molecule has 0 aromatic heterocycles. The molecule has 1 N–H and O–H groups in total. The van der Waals surface area contributed by atoms with Gasteiger partial charge in [0.15, 0.2) is 0 Å². The molecular weight excluding hydrogens is 345 g/mol. The maximum atomic E-state index is 13.8. The Morgan fingerprint density at radius 1 is 1.12 bits per heavy atom. The van der Waals surface area contributed by atoms with Crippen molar-refractivity contribution >= 4 is 27.3 Å². The van der Waals surface area contributed by atoms with Gasteiger partial charge in [-0.15, -0.1) is 0 Å². The van der Waals surface area contributed by atoms with Gasteiger partial charge in [0.1, 0.15) is 18.0 Å². The number of rotatable bonds is 3. The van der Waals surface area contributed by atoms with Crippen molar-refractivity contribution in [1.29, 1.82) is 0 Å². The molecule has 5 nitrogen and oxygen atoms in total. The van der Waals surface area contributed by atoms with E-state index in [9.17, 15) is 26.4 Å². The first kappa shape index (κ1) is 16.3. The van der Waals surface area contributed by atoms with E-state index in [0.717, 1.165) is 24.3 Å². The van der Waals surface area contributed by atoms with E-state index in [1.807, 2.05) is 0 Å². The predicted octanol–water partition coefficient (Wildman–Crippen LogP) is 2.91. The van der Waals surface area contributed by atoms with Gasteiger partial charge < -0.3 is 5.32 Å². The first-order valence-electron chi connectivity index (χ1n) is 6.80. The lowest BCUT2D eigenvalue weighted by Crippen LogP contribution is -2.42. The standard InChI is InChI=1S/C15H11F3N2O3S/c16-11-5-2-6-12-14(11)19-13(21)8-20(12)24(22,23)10-4-1-3-9(7-10)15(17)18/h1-7,15H,8H2,(H,19,21). The summed E-state index contributed by atoms with van der Waals surface area (Å²) in [4.78, 5) is 11.3. The van der Waals surface area contributed by atoms with Crippen LogP contribution in [-0.2, 0) is 14.8 Å². The van der Waals surface area contributed by atoms with Crippen LogP contribution in [0.5, 0.6) is 0 Å². The number of carbonyl (C=O) groups is 1. The molecule has 0 saturated carbocycles. The molecule has 2 aromatic rings. The van der Waals surface area contributed by atoms with Gasteiger partial charge in [-0.1, -0.05) is 18.2 Å². The van der Waals surface area contributed by atoms with Crippen LogP contribution in [0.2, 0.25) is 0 Å². The Kier molecular flexibility index (Phi) is 3.96. The maximum Gasteiger partial charge on any atom is 0.264 e. The number of hydrogen-bond acceptors (Lipinski definition) is 3. The Morgan fingerprint density at radius 2 is 1.83 bits per heavy atom. The van der Waals surface area contributed by atoms with E-state index >= 15 is 0 Å². The molecule has 1 aliphatic heterocycles. The van der Waals surface area contributed by atoms with Crippen LogP contribution in [0, 0.1) is 5.82 Å². The summed E-state index contributed by atoms with van der Waals surface area (Å²) in [7, 11) is -4.31. The highest BCUT2D eigenvalue weighted by Crippen LogP contribution is 2.35. The number of nitrogens with one attached hydrogen (secondary N) is 1. The minimum atomic E-state index is -4.31. The van der Waals surface area contributed by atoms with Crippen LogP contribution >= 0.6 is 0 Å². The molecule has 0 radical (unpaired) electrons. The van der Waals surface area contributed by atoms with Crippen LogP contribution in [0.1, 0.15) is 12.0 Å². The number of nitrogens with zero attached hydrogens (tertiary/aromatic N) is 1. The fourth-order valence-electron chi connectivity index (χ4n) is 2.39. The van der Waals surface area contributed by atoms with Crippen molar-refractivity contribution in [3.05, 3.63) is 53.8 Å². The Labute approximate surface area is 135 Å². The van der Waals surface area contributed by atoms with Crippen molar-refractivity contribution in [3.63, 3.8) is 0 Å². The molecule has 0 aliphatic carbocycles. The Morgan fingerprint density at radius 3 is 2.54 bits per heavy atom. The summed E-state index contributed by atoms with van der Waals surface area (Å²) in [5.41, 5.74) is -0.781. The molecule has 24 heavy (non-hydrogen) atoms. The normalized spacial score (nSPS) is 14.5. The molecule has 0 bridgehead atoms. The first-order valence-corrected chi connectivity index (χ1v) is 8.24. The van der Waals surface area contributed by atoms with E-state index in [4.69, 9.17) is 0 Å². The molecule has 1 amide bonds. The van der Waals surface area contributed by atoms with Crippen LogP contribution in [0.25, 0.3) is 0 Å². The average molecular weight is 356 g/mol. The Hall–Kier alpha value is -2.55. The predicted molar refractivity (Wildman–Crippen MR) is 81.0 cm³/mol. The zero-order valence-corrected chi connectivity index (χ0v) is 12.9. The number of para-hydroxylation sites is 1. The molecule has 9 heteroatoms. The van der Waals surface area contributed by atoms with Crippen molar-refractivity contribution in [3.8, 4) is 0 Å². The van der Waals surface area contributed by atoms with Crippen LogP contribution in [-0.4, -0.2) is 20.9 Å². The zero-order chi connectivity index (χ0) is 17.5. The number of fused-ring (bicyclic) bond motifs is 1. The number of anilines is 2. The van der Waals surface area contributed by atoms with Gasteiger partial charge in [0.05, 0.1) is 10.6 Å². The molecule has 0 fully saturated rings. The summed E-state index contributed by atoms with van der Waals surface area (Å²) < 4.78 is 65.7. The van der Waals surface area contributed by atoms with Gasteiger partial charge in [0, 0.05) is 5.56 Å². The molecule has 1 heterocycles. The molecular formula is C15H11F3N2O3S. The number of amides is 1. The number of benzene rings is 2. The summed E-state index contributed by atoms with van der Waals surface area (Å²) in [6.45, 7) is -0.572. The van der Waals surface area contributed by atoms with Crippen molar-refractivity contribution < 1.29 is 26.4 Å². The molecule has 126 valence electrons. The largest absolute Gasteiger partial charge is 0.320 e. The van der Waals surface area contributed by atoms with E-state index < -0.39 is 45.2 Å². The zero-order valence-electron chi connectivity index (χ0n) is 12.0. The van der Waals surface area contributed by atoms with Gasteiger partial charge in [0.2, 0.25) is 5.91 Å². The quantitative estimate of drug-likeness (QED) is 0.920. The topological polar surface area (TPSA) is 66.5 Å². The summed E-state index contributed by atoms with van der Waals surface area (Å²) in [5.74, 6) is -1.51. The monoisotopic (exact) mass is 356 g/mol. The van der Waals surface area contributed by atoms with Gasteiger partial charge in [-0.25, -0.2) is 21.6 Å². The van der Waals surface area contributed by atoms with E-state index in [1.54, 1.807) is 0 Å². The van der Waals surface area contributed by atoms with Gasteiger partial charge in [-0.3, -0.25) is 9.10 Å². The van der Waals surface area contributed by atoms with Crippen LogP contribution < -0.4 is 9.62 Å². The third kappa shape index (κ3) is 2.71. The van der Waals surface area contributed by atoms with Gasteiger partial charge >= 0.3 is 0 Å². The maximum absolute atomic E-state index is 13.8. The fraction of sp³-hybridized carbons (Fsp3) is 0.133. The number of hydrogen-bond donors (Lipinski definition) is 1. The lowest BCUT2D eigenvalue weighted by Gasteiger charge is -2.30. The minimum absolute atomic E-state index is 0.0583. The first-order chi connectivity index (χ1) is 11.3. The second-order valence-electron chi connectivity index (χ2n) is 5.07. The van der Waals surface area contributed by atoms with E-state index in [1.165, 1.54) is 18.2 Å². The van der Waals surface area contributed by atoms with Gasteiger partial charge in [-0.2, -0.15) is 0 Å². The van der Waals surface area contributed by atoms with Gasteiger partial charge in [0.25, 0.3) is 16.4 Å². The second-order valence-corrected chi connectivity index (χ2v) is 6.93. The molecule has 1 aliphatic rings. The third-order valence-corrected chi connectivity index (χ3v) is 5.27. The number of halogens is 3. The number of sulfonamides is 1. The van der Waals surface area contributed by atoms with Crippen LogP contribution in [0.3, 0.4) is 0 Å². The summed E-state index contributed by atoms with van der Waals surface area (Å²) in [5, 5.41) is 2.27. The molecule has 3 rings (SSSR count). The molecule has 0 unspecified atom stereocenters. The SMILES string of the molecule is O=C1CN(S(=O)(=O)c2cccc(C(F)F)c2)c2cccc(F)c2N1. The summed E-state index contributed by atoms with van der Waals surface area (Å²) >= 11 is 0. The Bertz CT molecular complexity index is 916. The van der Waals surface area contributed by atoms with Crippen molar-refractivity contribution in [1.82, 2.24) is 0 Å². The smallest absolute Gasteiger partial charge is 0.264 e. The van der Waals surface area contributed by atoms with Crippen molar-refractivity contribution in [2.24, 2.45) is 0 Å². The van der Waals surface area contributed by atoms with E-state index in [-0.39, 0.29) is 11.4 Å². The van der Waals surface area contributed by atoms with Crippen LogP contribution in [0.4, 0.5) is 24.5 Å². The third-order valence-electron chi connectivity index (χ3n) is 3.51. The fourth-order valence-corrected chi connectivity index (χ4v) is 3.88. The summed E-state index contributed by atoms with van der Waals surface area (Å²) in [6.07, 6.45) is -2.84. The highest BCUT2D eigenvalue weighted by Gasteiger charge is 2.34. The van der Waals surface area contributed by atoms with Crippen molar-refractivity contribution in [2.45, 2.75) is 11.3 Å². The Balaban J connectivity index is 2.13. The highest BCUT2D eigenvalue weighted by molar-refractivity contribution is 7.92. The van der Waals surface area contributed by atoms with Gasteiger partial charge in [-0.05, 0) is 24.3 Å². The van der Waals surface area contributed by atoms with Crippen molar-refractivity contribution in [2.75, 3.05) is 16.2 Å². The molecule has 0 spiro atoms. The van der Waals surface area contributed by atoms with Crippen LogP contribution in [0.15, 0.2) is 47.4 Å². The van der Waals surface area contributed by atoms with E-state index in [0.29, 0.717) is 4.31 Å². The average Bonchev–Trinajstić information content (AvgIpc) is 2.55. The summed E-state index contributed by atoms with van der Waals surface area (Å²) in [6, 6.07) is 7.96. The molecule has 0 saturated heterocycles.